The van der Waals surface area contributed by atoms with Crippen LogP contribution >= 0.6 is 11.6 Å². The molecule has 102 valence electrons. The number of halogens is 1. The summed E-state index contributed by atoms with van der Waals surface area (Å²) in [5, 5.41) is 4.49. The Morgan fingerprint density at radius 1 is 1.17 bits per heavy atom. The molecule has 1 nitrogen and oxygen atoms in total. The van der Waals surface area contributed by atoms with E-state index >= 15 is 0 Å². The van der Waals surface area contributed by atoms with Crippen LogP contribution in [0.3, 0.4) is 0 Å². The van der Waals surface area contributed by atoms with E-state index in [2.05, 4.69) is 31.3 Å². The van der Waals surface area contributed by atoms with Crippen LogP contribution in [0, 0.1) is 0 Å². The molecule has 1 rings (SSSR count). The van der Waals surface area contributed by atoms with Crippen molar-refractivity contribution in [2.75, 3.05) is 6.54 Å². The minimum absolute atomic E-state index is 0.689. The molecule has 0 heterocycles. The van der Waals surface area contributed by atoms with Gasteiger partial charge in [-0.25, -0.2) is 0 Å². The molecular weight excluding hydrogens is 242 g/mol. The fourth-order valence-electron chi connectivity index (χ4n) is 2.29. The van der Waals surface area contributed by atoms with E-state index in [4.69, 9.17) is 11.6 Å². The highest BCUT2D eigenvalue weighted by Gasteiger charge is 2.06. The number of aryl methyl sites for hydroxylation is 1. The average molecular weight is 268 g/mol. The van der Waals surface area contributed by atoms with Gasteiger partial charge in [0.25, 0.3) is 0 Å². The first-order chi connectivity index (χ1) is 8.76. The molecule has 0 saturated carbocycles. The smallest absolute Gasteiger partial charge is 0.0408 e. The van der Waals surface area contributed by atoms with E-state index in [1.54, 1.807) is 0 Å². The third-order valence-corrected chi connectivity index (χ3v) is 3.46. The van der Waals surface area contributed by atoms with Crippen LogP contribution in [0.15, 0.2) is 24.3 Å². The molecule has 1 aromatic rings. The predicted molar refractivity (Wildman–Crippen MR) is 81.4 cm³/mol. The first-order valence-electron chi connectivity index (χ1n) is 7.24. The molecule has 1 unspecified atom stereocenters. The van der Waals surface area contributed by atoms with Crippen LogP contribution in [0.1, 0.15) is 51.5 Å². The van der Waals surface area contributed by atoms with Crippen LogP contribution in [0.5, 0.6) is 0 Å². The average Bonchev–Trinajstić information content (AvgIpc) is 2.36. The second-order valence-electron chi connectivity index (χ2n) is 4.96. The summed E-state index contributed by atoms with van der Waals surface area (Å²) in [5.74, 6) is 0. The Balaban J connectivity index is 2.29. The van der Waals surface area contributed by atoms with Gasteiger partial charge in [0.1, 0.15) is 0 Å². The van der Waals surface area contributed by atoms with Gasteiger partial charge in [-0.15, -0.1) is 0 Å². The highest BCUT2D eigenvalue weighted by molar-refractivity contribution is 6.30. The maximum atomic E-state index is 5.99. The zero-order valence-electron chi connectivity index (χ0n) is 11.7. The van der Waals surface area contributed by atoms with Crippen LogP contribution in [0.2, 0.25) is 5.02 Å². The maximum Gasteiger partial charge on any atom is 0.0408 e. The van der Waals surface area contributed by atoms with E-state index in [9.17, 15) is 0 Å². The SMILES string of the molecule is CCCNC(CCC)CCCc1cccc(Cl)c1. The zero-order valence-corrected chi connectivity index (χ0v) is 12.5. The molecule has 0 aliphatic carbocycles. The third kappa shape index (κ3) is 6.42. The van der Waals surface area contributed by atoms with Gasteiger partial charge in [-0.3, -0.25) is 0 Å². The minimum Gasteiger partial charge on any atom is -0.314 e. The highest BCUT2D eigenvalue weighted by atomic mass is 35.5. The van der Waals surface area contributed by atoms with E-state index in [1.165, 1.54) is 37.7 Å². The lowest BCUT2D eigenvalue weighted by Gasteiger charge is -2.17. The maximum absolute atomic E-state index is 5.99. The van der Waals surface area contributed by atoms with Crippen molar-refractivity contribution in [2.24, 2.45) is 0 Å². The summed E-state index contributed by atoms with van der Waals surface area (Å²) in [7, 11) is 0. The van der Waals surface area contributed by atoms with Gasteiger partial charge in [0.05, 0.1) is 0 Å². The first kappa shape index (κ1) is 15.5. The second kappa shape index (κ2) is 9.41. The molecule has 2 heteroatoms. The number of hydrogen-bond donors (Lipinski definition) is 1. The number of nitrogens with one attached hydrogen (secondary N) is 1. The molecule has 0 aromatic heterocycles. The molecule has 0 aliphatic heterocycles. The lowest BCUT2D eigenvalue weighted by Crippen LogP contribution is -2.29. The Bertz CT molecular complexity index is 325. The van der Waals surface area contributed by atoms with Crippen LogP contribution in [0.25, 0.3) is 0 Å². The molecule has 1 aromatic carbocycles. The topological polar surface area (TPSA) is 12.0 Å². The summed E-state index contributed by atoms with van der Waals surface area (Å²) in [5.41, 5.74) is 1.35. The van der Waals surface area contributed by atoms with Crippen molar-refractivity contribution in [3.63, 3.8) is 0 Å². The van der Waals surface area contributed by atoms with Gasteiger partial charge >= 0.3 is 0 Å². The Kier molecular flexibility index (Phi) is 8.11. The Morgan fingerprint density at radius 2 is 2.00 bits per heavy atom. The molecule has 0 radical (unpaired) electrons. The van der Waals surface area contributed by atoms with Crippen molar-refractivity contribution in [1.29, 1.82) is 0 Å². The number of hydrogen-bond acceptors (Lipinski definition) is 1. The van der Waals surface area contributed by atoms with Gasteiger partial charge in [0.2, 0.25) is 0 Å². The van der Waals surface area contributed by atoms with Crippen molar-refractivity contribution in [3.05, 3.63) is 34.9 Å². The Labute approximate surface area is 117 Å². The fraction of sp³-hybridized carbons (Fsp3) is 0.625. The van der Waals surface area contributed by atoms with Gasteiger partial charge < -0.3 is 5.32 Å². The van der Waals surface area contributed by atoms with Crippen molar-refractivity contribution in [2.45, 2.75) is 58.4 Å². The normalized spacial score (nSPS) is 12.6. The summed E-state index contributed by atoms with van der Waals surface area (Å²) in [6, 6.07) is 8.91. The number of rotatable bonds is 9. The fourth-order valence-corrected chi connectivity index (χ4v) is 2.50. The standard InChI is InChI=1S/C16H26ClN/c1-3-7-16(18-12-4-2)11-6-9-14-8-5-10-15(17)13-14/h5,8,10,13,16,18H,3-4,6-7,9,11-12H2,1-2H3. The van der Waals surface area contributed by atoms with Crippen molar-refractivity contribution in [3.8, 4) is 0 Å². The Hall–Kier alpha value is -0.530. The molecule has 0 fully saturated rings. The molecule has 1 atom stereocenters. The van der Waals surface area contributed by atoms with Gasteiger partial charge in [-0.1, -0.05) is 44.0 Å². The van der Waals surface area contributed by atoms with Crippen LogP contribution in [-0.4, -0.2) is 12.6 Å². The van der Waals surface area contributed by atoms with Crippen LogP contribution in [0.4, 0.5) is 0 Å². The quantitative estimate of drug-likeness (QED) is 0.676. The molecule has 1 N–H and O–H groups in total. The van der Waals surface area contributed by atoms with Crippen molar-refractivity contribution < 1.29 is 0 Å². The summed E-state index contributed by atoms with van der Waals surface area (Å²) in [4.78, 5) is 0. The van der Waals surface area contributed by atoms with E-state index in [-0.39, 0.29) is 0 Å². The monoisotopic (exact) mass is 267 g/mol. The van der Waals surface area contributed by atoms with Gasteiger partial charge in [-0.2, -0.15) is 0 Å². The van der Waals surface area contributed by atoms with Crippen molar-refractivity contribution >= 4 is 11.6 Å². The second-order valence-corrected chi connectivity index (χ2v) is 5.40. The van der Waals surface area contributed by atoms with E-state index < -0.39 is 0 Å². The predicted octanol–water partition coefficient (Wildman–Crippen LogP) is 4.83. The molecule has 0 aliphatic rings. The summed E-state index contributed by atoms with van der Waals surface area (Å²) < 4.78 is 0. The molecule has 0 amide bonds. The highest BCUT2D eigenvalue weighted by Crippen LogP contribution is 2.14. The number of benzene rings is 1. The Morgan fingerprint density at radius 3 is 2.67 bits per heavy atom. The molecular formula is C16H26ClN. The van der Waals surface area contributed by atoms with Crippen LogP contribution in [-0.2, 0) is 6.42 Å². The summed E-state index contributed by atoms with van der Waals surface area (Å²) in [6.07, 6.45) is 7.40. The minimum atomic E-state index is 0.689. The van der Waals surface area contributed by atoms with Gasteiger partial charge in [0, 0.05) is 11.1 Å². The lowest BCUT2D eigenvalue weighted by molar-refractivity contribution is 0.438. The lowest BCUT2D eigenvalue weighted by atomic mass is 10.0. The zero-order chi connectivity index (χ0) is 13.2. The third-order valence-electron chi connectivity index (χ3n) is 3.23. The van der Waals surface area contributed by atoms with E-state index in [0.717, 1.165) is 18.0 Å². The van der Waals surface area contributed by atoms with E-state index in [0.29, 0.717) is 6.04 Å². The molecule has 18 heavy (non-hydrogen) atoms. The van der Waals surface area contributed by atoms with E-state index in [1.807, 2.05) is 12.1 Å². The summed E-state index contributed by atoms with van der Waals surface area (Å²) >= 11 is 5.99. The molecule has 0 spiro atoms. The largest absolute Gasteiger partial charge is 0.314 e. The van der Waals surface area contributed by atoms with Gasteiger partial charge in [0.15, 0.2) is 0 Å². The molecule has 0 bridgehead atoms. The molecule has 0 saturated heterocycles. The van der Waals surface area contributed by atoms with Gasteiger partial charge in [-0.05, 0) is 56.3 Å². The first-order valence-corrected chi connectivity index (χ1v) is 7.61. The summed E-state index contributed by atoms with van der Waals surface area (Å²) in [6.45, 7) is 5.63. The van der Waals surface area contributed by atoms with Crippen molar-refractivity contribution in [1.82, 2.24) is 5.32 Å². The van der Waals surface area contributed by atoms with Crippen LogP contribution < -0.4 is 5.32 Å².